The van der Waals surface area contributed by atoms with Crippen LogP contribution >= 0.6 is 0 Å². The molecule has 160 valence electrons. The Morgan fingerprint density at radius 1 is 1.07 bits per heavy atom. The van der Waals surface area contributed by atoms with Gasteiger partial charge >= 0.3 is 0 Å². The maximum Gasteiger partial charge on any atom is 0.123 e. The molecule has 3 rings (SSSR count). The molecule has 1 saturated carbocycles. The molecule has 2 N–H and O–H groups in total. The van der Waals surface area contributed by atoms with Crippen molar-refractivity contribution in [2.24, 2.45) is 11.8 Å². The van der Waals surface area contributed by atoms with Gasteiger partial charge in [-0.1, -0.05) is 59.1 Å². The predicted octanol–water partition coefficient (Wildman–Crippen LogP) is 5.33. The highest BCUT2D eigenvalue weighted by molar-refractivity contribution is 5.84. The molecule has 0 radical (unpaired) electrons. The van der Waals surface area contributed by atoms with E-state index in [-0.39, 0.29) is 18.5 Å². The van der Waals surface area contributed by atoms with Gasteiger partial charge in [-0.3, -0.25) is 0 Å². The molecule has 2 aliphatic rings. The van der Waals surface area contributed by atoms with E-state index in [1.807, 2.05) is 12.1 Å². The van der Waals surface area contributed by atoms with E-state index in [1.165, 1.54) is 49.9 Å². The Labute approximate surface area is 175 Å². The lowest BCUT2D eigenvalue weighted by molar-refractivity contribution is 0.215. The van der Waals surface area contributed by atoms with Gasteiger partial charge in [-0.2, -0.15) is 0 Å². The molecule has 1 atom stereocenters. The predicted molar refractivity (Wildman–Crippen MR) is 119 cm³/mol. The first kappa shape index (κ1) is 21.9. The van der Waals surface area contributed by atoms with E-state index in [1.54, 1.807) is 0 Å². The van der Waals surface area contributed by atoms with Crippen molar-refractivity contribution in [1.29, 1.82) is 0 Å². The molecule has 0 amide bonds. The van der Waals surface area contributed by atoms with Gasteiger partial charge in [-0.05, 0) is 47.9 Å². The summed E-state index contributed by atoms with van der Waals surface area (Å²) in [6, 6.07) is 7.31. The van der Waals surface area contributed by atoms with E-state index in [9.17, 15) is 9.50 Å². The van der Waals surface area contributed by atoms with Gasteiger partial charge in [-0.15, -0.1) is 0 Å². The average Bonchev–Trinajstić information content (AvgIpc) is 2.68. The van der Waals surface area contributed by atoms with Gasteiger partial charge in [0.1, 0.15) is 5.82 Å². The summed E-state index contributed by atoms with van der Waals surface area (Å²) in [5.41, 5.74) is 5.48. The van der Waals surface area contributed by atoms with E-state index in [4.69, 9.17) is 0 Å². The lowest BCUT2D eigenvalue weighted by atomic mass is 9.81. The molecule has 3 nitrogen and oxygen atoms in total. The first-order valence-electron chi connectivity index (χ1n) is 11.2. The van der Waals surface area contributed by atoms with Crippen LogP contribution in [-0.2, 0) is 0 Å². The minimum Gasteiger partial charge on any atom is -0.392 e. The number of allylic oxidation sites excluding steroid dienone is 2. The third kappa shape index (κ3) is 4.53. The van der Waals surface area contributed by atoms with Crippen molar-refractivity contribution in [1.82, 2.24) is 10.2 Å². The SMILES string of the molecule is CC(C)C1=C(NC2CCCCC2)C(c2ccc(F)cc2)=C(CO)C(C(C)C)N1C. The van der Waals surface area contributed by atoms with E-state index in [0.29, 0.717) is 17.9 Å². The summed E-state index contributed by atoms with van der Waals surface area (Å²) in [6.45, 7) is 8.88. The van der Waals surface area contributed by atoms with E-state index in [2.05, 4.69) is 45.0 Å². The summed E-state index contributed by atoms with van der Waals surface area (Å²) >= 11 is 0. The van der Waals surface area contributed by atoms with E-state index in [0.717, 1.165) is 22.4 Å². The molecular formula is C25H37FN2O. The third-order valence-electron chi connectivity index (χ3n) is 6.42. The summed E-state index contributed by atoms with van der Waals surface area (Å²) in [7, 11) is 2.15. The highest BCUT2D eigenvalue weighted by Gasteiger charge is 2.36. The van der Waals surface area contributed by atoms with Crippen LogP contribution in [-0.4, -0.2) is 35.7 Å². The Bertz CT molecular complexity index is 758. The number of nitrogens with one attached hydrogen (secondary N) is 1. The highest BCUT2D eigenvalue weighted by Crippen LogP contribution is 2.41. The van der Waals surface area contributed by atoms with Gasteiger partial charge in [-0.25, -0.2) is 4.39 Å². The van der Waals surface area contributed by atoms with Crippen LogP contribution in [0, 0.1) is 17.7 Å². The Kier molecular flexibility index (Phi) is 7.05. The smallest absolute Gasteiger partial charge is 0.123 e. The number of aliphatic hydroxyl groups is 1. The number of likely N-dealkylation sites (N-methyl/N-ethyl adjacent to an activating group) is 1. The lowest BCUT2D eigenvalue weighted by Gasteiger charge is -2.45. The highest BCUT2D eigenvalue weighted by atomic mass is 19.1. The molecule has 1 heterocycles. The molecule has 29 heavy (non-hydrogen) atoms. The largest absolute Gasteiger partial charge is 0.392 e. The third-order valence-corrected chi connectivity index (χ3v) is 6.42. The number of benzene rings is 1. The quantitative estimate of drug-likeness (QED) is 0.677. The zero-order valence-corrected chi connectivity index (χ0v) is 18.6. The van der Waals surface area contributed by atoms with Crippen LogP contribution in [0.4, 0.5) is 4.39 Å². The fourth-order valence-electron chi connectivity index (χ4n) is 5.26. The number of nitrogens with zero attached hydrogens (tertiary/aromatic N) is 1. The Hall–Kier alpha value is -1.81. The van der Waals surface area contributed by atoms with Gasteiger partial charge < -0.3 is 15.3 Å². The van der Waals surface area contributed by atoms with Crippen LogP contribution in [0.5, 0.6) is 0 Å². The fraction of sp³-hybridized carbons (Fsp3) is 0.600. The van der Waals surface area contributed by atoms with Gasteiger partial charge in [0.2, 0.25) is 0 Å². The van der Waals surface area contributed by atoms with Gasteiger partial charge in [0.25, 0.3) is 0 Å². The van der Waals surface area contributed by atoms with Crippen LogP contribution in [0.25, 0.3) is 5.57 Å². The number of halogens is 1. The van der Waals surface area contributed by atoms with Crippen molar-refractivity contribution in [2.75, 3.05) is 13.7 Å². The van der Waals surface area contributed by atoms with Gasteiger partial charge in [0.05, 0.1) is 18.3 Å². The number of rotatable bonds is 6. The Morgan fingerprint density at radius 3 is 2.21 bits per heavy atom. The molecule has 1 aromatic rings. The number of hydrogen-bond acceptors (Lipinski definition) is 3. The minimum atomic E-state index is -0.233. The van der Waals surface area contributed by atoms with Gasteiger partial charge in [0, 0.05) is 24.4 Å². The molecule has 0 aromatic heterocycles. The monoisotopic (exact) mass is 400 g/mol. The molecule has 0 spiro atoms. The van der Waals surface area contributed by atoms with Crippen molar-refractivity contribution < 1.29 is 9.50 Å². The van der Waals surface area contributed by atoms with Crippen LogP contribution in [0.3, 0.4) is 0 Å². The summed E-state index contributed by atoms with van der Waals surface area (Å²) < 4.78 is 13.7. The maximum atomic E-state index is 13.7. The average molecular weight is 401 g/mol. The molecule has 0 saturated heterocycles. The van der Waals surface area contributed by atoms with Crippen LogP contribution in [0.1, 0.15) is 65.4 Å². The summed E-state index contributed by atoms with van der Waals surface area (Å²) in [5, 5.41) is 14.3. The van der Waals surface area contributed by atoms with Crippen LogP contribution < -0.4 is 5.32 Å². The standard InChI is InChI=1S/C25H37FN2O/c1-16(2)24-21(15-29)22(18-11-13-19(26)14-12-18)23(25(17(3)4)28(24)5)27-20-9-7-6-8-10-20/h11-14,16-17,20,24,27,29H,6-10,15H2,1-5H3. The fourth-order valence-corrected chi connectivity index (χ4v) is 5.26. The molecule has 1 aliphatic carbocycles. The second-order valence-corrected chi connectivity index (χ2v) is 9.26. The zero-order valence-electron chi connectivity index (χ0n) is 18.6. The number of aliphatic hydroxyl groups excluding tert-OH is 1. The summed E-state index contributed by atoms with van der Waals surface area (Å²) in [6.07, 6.45) is 6.19. The van der Waals surface area contributed by atoms with Crippen molar-refractivity contribution in [3.05, 3.63) is 52.6 Å². The second kappa shape index (κ2) is 9.34. The van der Waals surface area contributed by atoms with E-state index >= 15 is 0 Å². The molecule has 1 unspecified atom stereocenters. The normalized spacial score (nSPS) is 21.6. The molecule has 1 aromatic carbocycles. The molecule has 4 heteroatoms. The van der Waals surface area contributed by atoms with E-state index < -0.39 is 0 Å². The number of hydrogen-bond donors (Lipinski definition) is 2. The first-order chi connectivity index (χ1) is 13.8. The molecule has 1 aliphatic heterocycles. The first-order valence-corrected chi connectivity index (χ1v) is 11.2. The van der Waals surface area contributed by atoms with Crippen LogP contribution in [0.2, 0.25) is 0 Å². The van der Waals surface area contributed by atoms with Crippen molar-refractivity contribution >= 4 is 5.57 Å². The molecular weight excluding hydrogens is 363 g/mol. The molecule has 1 fully saturated rings. The summed E-state index contributed by atoms with van der Waals surface area (Å²) in [4.78, 5) is 2.36. The zero-order chi connectivity index (χ0) is 21.1. The van der Waals surface area contributed by atoms with Crippen molar-refractivity contribution in [3.63, 3.8) is 0 Å². The maximum absolute atomic E-state index is 13.7. The second-order valence-electron chi connectivity index (χ2n) is 9.26. The topological polar surface area (TPSA) is 35.5 Å². The lowest BCUT2D eigenvalue weighted by Crippen LogP contribution is -2.46. The summed E-state index contributed by atoms with van der Waals surface area (Å²) in [5.74, 6) is 0.452. The van der Waals surface area contributed by atoms with Crippen molar-refractivity contribution in [2.45, 2.75) is 71.9 Å². The molecule has 0 bridgehead atoms. The van der Waals surface area contributed by atoms with Crippen LogP contribution in [0.15, 0.2) is 41.2 Å². The van der Waals surface area contributed by atoms with Crippen molar-refractivity contribution in [3.8, 4) is 0 Å². The Morgan fingerprint density at radius 2 is 1.69 bits per heavy atom. The Balaban J connectivity index is 2.20. The van der Waals surface area contributed by atoms with Gasteiger partial charge in [0.15, 0.2) is 0 Å². The minimum absolute atomic E-state index is 0.00111.